The van der Waals surface area contributed by atoms with Crippen LogP contribution in [0.4, 0.5) is 5.69 Å². The van der Waals surface area contributed by atoms with Crippen LogP contribution in [0, 0.1) is 6.92 Å². The van der Waals surface area contributed by atoms with E-state index in [1.54, 1.807) is 30.3 Å². The minimum absolute atomic E-state index is 0.189. The first-order valence-electron chi connectivity index (χ1n) is 7.93. The van der Waals surface area contributed by atoms with Crippen molar-refractivity contribution in [3.8, 4) is 17.2 Å². The molecule has 0 radical (unpaired) electrons. The van der Waals surface area contributed by atoms with Gasteiger partial charge in [-0.15, -0.1) is 0 Å². The molecule has 2 aromatic carbocycles. The summed E-state index contributed by atoms with van der Waals surface area (Å²) in [6.07, 6.45) is 0. The van der Waals surface area contributed by atoms with Gasteiger partial charge in [0.2, 0.25) is 5.91 Å². The fourth-order valence-electron chi connectivity index (χ4n) is 2.36. The maximum atomic E-state index is 12.3. The first-order chi connectivity index (χ1) is 12.5. The Balaban J connectivity index is 2.01. The van der Waals surface area contributed by atoms with Crippen molar-refractivity contribution in [2.24, 2.45) is 0 Å². The van der Waals surface area contributed by atoms with Gasteiger partial charge >= 0.3 is 0 Å². The number of ether oxygens (including phenoxy) is 3. The molecule has 2 N–H and O–H groups in total. The highest BCUT2D eigenvalue weighted by molar-refractivity contribution is 6.01. The molecule has 0 aliphatic carbocycles. The van der Waals surface area contributed by atoms with Crippen LogP contribution in [-0.4, -0.2) is 39.7 Å². The minimum atomic E-state index is -0.420. The number of hydrogen-bond donors (Lipinski definition) is 2. The number of aryl methyl sites for hydroxylation is 1. The largest absolute Gasteiger partial charge is 0.497 e. The monoisotopic (exact) mass is 358 g/mol. The van der Waals surface area contributed by atoms with Gasteiger partial charge in [-0.3, -0.25) is 9.59 Å². The van der Waals surface area contributed by atoms with E-state index >= 15 is 0 Å². The summed E-state index contributed by atoms with van der Waals surface area (Å²) in [5.41, 5.74) is 1.84. The first kappa shape index (κ1) is 19.1. The van der Waals surface area contributed by atoms with Gasteiger partial charge < -0.3 is 24.8 Å². The number of hydrogen-bond acceptors (Lipinski definition) is 5. The van der Waals surface area contributed by atoms with Gasteiger partial charge in [0.05, 0.1) is 39.1 Å². The molecule has 0 bridgehead atoms. The molecule has 0 unspecified atom stereocenters. The molecule has 7 nitrogen and oxygen atoms in total. The van der Waals surface area contributed by atoms with Gasteiger partial charge in [-0.05, 0) is 36.8 Å². The quantitative estimate of drug-likeness (QED) is 0.794. The third-order valence-electron chi connectivity index (χ3n) is 3.69. The van der Waals surface area contributed by atoms with E-state index < -0.39 is 5.91 Å². The first-order valence-corrected chi connectivity index (χ1v) is 7.93. The van der Waals surface area contributed by atoms with Crippen molar-refractivity contribution in [2.75, 3.05) is 33.2 Å². The Hall–Kier alpha value is -3.22. The predicted molar refractivity (Wildman–Crippen MR) is 98.2 cm³/mol. The molecule has 2 aromatic rings. The van der Waals surface area contributed by atoms with Gasteiger partial charge in [-0.25, -0.2) is 0 Å². The maximum absolute atomic E-state index is 12.3. The lowest BCUT2D eigenvalue weighted by Crippen LogP contribution is -2.33. The van der Waals surface area contributed by atoms with Gasteiger partial charge in [-0.2, -0.15) is 0 Å². The summed E-state index contributed by atoms with van der Waals surface area (Å²) in [7, 11) is 4.51. The fraction of sp³-hybridized carbons (Fsp3) is 0.263. The standard InChI is InChI=1S/C19H22N2O5/c1-12-5-8-16(25-3)15(9-12)21-18(22)11-20-19(23)14-7-6-13(24-2)10-17(14)26-4/h5-10H,11H2,1-4H3,(H,20,23)(H,21,22). The van der Waals surface area contributed by atoms with Crippen LogP contribution in [0.3, 0.4) is 0 Å². The maximum Gasteiger partial charge on any atom is 0.255 e. The molecule has 0 fully saturated rings. The lowest BCUT2D eigenvalue weighted by molar-refractivity contribution is -0.115. The molecule has 0 saturated heterocycles. The fourth-order valence-corrected chi connectivity index (χ4v) is 2.36. The number of carbonyl (C=O) groups is 2. The summed E-state index contributed by atoms with van der Waals surface area (Å²) in [6.45, 7) is 1.72. The van der Waals surface area contributed by atoms with Crippen molar-refractivity contribution >= 4 is 17.5 Å². The van der Waals surface area contributed by atoms with Crippen molar-refractivity contribution in [2.45, 2.75) is 6.92 Å². The van der Waals surface area contributed by atoms with Crippen LogP contribution in [0.15, 0.2) is 36.4 Å². The van der Waals surface area contributed by atoms with Crippen molar-refractivity contribution in [3.63, 3.8) is 0 Å². The molecule has 7 heteroatoms. The van der Waals surface area contributed by atoms with Crippen LogP contribution < -0.4 is 24.8 Å². The van der Waals surface area contributed by atoms with Crippen LogP contribution in [0.5, 0.6) is 17.2 Å². The number of benzene rings is 2. The molecule has 0 spiro atoms. The molecule has 138 valence electrons. The van der Waals surface area contributed by atoms with E-state index in [1.807, 2.05) is 13.0 Å². The molecule has 0 aliphatic heterocycles. The average Bonchev–Trinajstić information content (AvgIpc) is 2.65. The summed E-state index contributed by atoms with van der Waals surface area (Å²) < 4.78 is 15.5. The summed E-state index contributed by atoms with van der Waals surface area (Å²) >= 11 is 0. The Bertz CT molecular complexity index is 805. The Morgan fingerprint density at radius 3 is 2.31 bits per heavy atom. The van der Waals surface area contributed by atoms with Crippen LogP contribution in [0.1, 0.15) is 15.9 Å². The Labute approximate surface area is 152 Å². The lowest BCUT2D eigenvalue weighted by atomic mass is 10.1. The zero-order valence-electron chi connectivity index (χ0n) is 15.2. The van der Waals surface area contributed by atoms with E-state index in [-0.39, 0.29) is 12.5 Å². The van der Waals surface area contributed by atoms with Gasteiger partial charge in [0.15, 0.2) is 0 Å². The highest BCUT2D eigenvalue weighted by Gasteiger charge is 2.15. The smallest absolute Gasteiger partial charge is 0.255 e. The number of rotatable bonds is 7. The zero-order chi connectivity index (χ0) is 19.1. The van der Waals surface area contributed by atoms with Crippen LogP contribution in [0.2, 0.25) is 0 Å². The van der Waals surface area contributed by atoms with E-state index in [0.29, 0.717) is 28.5 Å². The highest BCUT2D eigenvalue weighted by atomic mass is 16.5. The van der Waals surface area contributed by atoms with Crippen molar-refractivity contribution in [3.05, 3.63) is 47.5 Å². The van der Waals surface area contributed by atoms with Gasteiger partial charge in [0.1, 0.15) is 17.2 Å². The number of methoxy groups -OCH3 is 3. The number of anilines is 1. The molecule has 2 rings (SSSR count). The Kier molecular flexibility index (Phi) is 6.43. The van der Waals surface area contributed by atoms with E-state index in [9.17, 15) is 9.59 Å². The zero-order valence-corrected chi connectivity index (χ0v) is 15.2. The molecule has 0 heterocycles. The molecule has 0 saturated carbocycles. The van der Waals surface area contributed by atoms with E-state index in [0.717, 1.165) is 5.56 Å². The molecular weight excluding hydrogens is 336 g/mol. The molecular formula is C19H22N2O5. The summed E-state index contributed by atoms with van der Waals surface area (Å²) in [6, 6.07) is 10.3. The van der Waals surface area contributed by atoms with Gasteiger partial charge in [-0.1, -0.05) is 6.07 Å². The van der Waals surface area contributed by atoms with Crippen LogP contribution in [-0.2, 0) is 4.79 Å². The second-order valence-corrected chi connectivity index (χ2v) is 5.50. The Morgan fingerprint density at radius 2 is 1.65 bits per heavy atom. The van der Waals surface area contributed by atoms with Crippen molar-refractivity contribution in [1.29, 1.82) is 0 Å². The Morgan fingerprint density at radius 1 is 0.923 bits per heavy atom. The van der Waals surface area contributed by atoms with E-state index in [4.69, 9.17) is 14.2 Å². The second-order valence-electron chi connectivity index (χ2n) is 5.50. The van der Waals surface area contributed by atoms with E-state index in [2.05, 4.69) is 10.6 Å². The number of amides is 2. The van der Waals surface area contributed by atoms with Crippen LogP contribution >= 0.6 is 0 Å². The van der Waals surface area contributed by atoms with Crippen molar-refractivity contribution < 1.29 is 23.8 Å². The molecule has 2 amide bonds. The predicted octanol–water partition coefficient (Wildman–Crippen LogP) is 2.39. The molecule has 0 aliphatic rings. The molecule has 0 aromatic heterocycles. The summed E-state index contributed by atoms with van der Waals surface area (Å²) in [4.78, 5) is 24.5. The number of carbonyl (C=O) groups excluding carboxylic acids is 2. The second kappa shape index (κ2) is 8.75. The SMILES string of the molecule is COc1ccc(C(=O)NCC(=O)Nc2cc(C)ccc2OC)c(OC)c1. The van der Waals surface area contributed by atoms with Gasteiger partial charge in [0, 0.05) is 6.07 Å². The van der Waals surface area contributed by atoms with Crippen LogP contribution in [0.25, 0.3) is 0 Å². The third-order valence-corrected chi connectivity index (χ3v) is 3.69. The topological polar surface area (TPSA) is 85.9 Å². The lowest BCUT2D eigenvalue weighted by Gasteiger charge is -2.13. The summed E-state index contributed by atoms with van der Waals surface area (Å²) in [5, 5.41) is 5.30. The number of nitrogens with one attached hydrogen (secondary N) is 2. The van der Waals surface area contributed by atoms with Gasteiger partial charge in [0.25, 0.3) is 5.91 Å². The minimum Gasteiger partial charge on any atom is -0.497 e. The molecule has 26 heavy (non-hydrogen) atoms. The average molecular weight is 358 g/mol. The third kappa shape index (κ3) is 4.66. The normalized spacial score (nSPS) is 10.0. The van der Waals surface area contributed by atoms with E-state index in [1.165, 1.54) is 21.3 Å². The van der Waals surface area contributed by atoms with Crippen molar-refractivity contribution in [1.82, 2.24) is 5.32 Å². The highest BCUT2D eigenvalue weighted by Crippen LogP contribution is 2.25. The summed E-state index contributed by atoms with van der Waals surface area (Å²) in [5.74, 6) is 0.697. The molecule has 0 atom stereocenters.